The molecule has 1 aromatic carbocycles. The van der Waals surface area contributed by atoms with Crippen molar-refractivity contribution in [3.63, 3.8) is 0 Å². The van der Waals surface area contributed by atoms with E-state index < -0.39 is 0 Å². The lowest BCUT2D eigenvalue weighted by atomic mass is 10.1. The third-order valence-corrected chi connectivity index (χ3v) is 3.85. The van der Waals surface area contributed by atoms with Gasteiger partial charge in [0.2, 0.25) is 5.91 Å². The highest BCUT2D eigenvalue weighted by atomic mass is 35.5. The Morgan fingerprint density at radius 1 is 1.09 bits per heavy atom. The summed E-state index contributed by atoms with van der Waals surface area (Å²) in [7, 11) is 0. The fourth-order valence-electron chi connectivity index (χ4n) is 2.37. The van der Waals surface area contributed by atoms with E-state index in [0.29, 0.717) is 49.2 Å². The average Bonchev–Trinajstić information content (AvgIpc) is 2.49. The van der Waals surface area contributed by atoms with Crippen LogP contribution in [0.3, 0.4) is 0 Å². The van der Waals surface area contributed by atoms with E-state index in [2.05, 4.69) is 5.32 Å². The van der Waals surface area contributed by atoms with Crippen LogP contribution in [0.25, 0.3) is 0 Å². The first-order valence-electron chi connectivity index (χ1n) is 7.55. The fourth-order valence-corrected chi connectivity index (χ4v) is 2.50. The molecule has 22 heavy (non-hydrogen) atoms. The summed E-state index contributed by atoms with van der Waals surface area (Å²) in [4.78, 5) is 27.8. The minimum atomic E-state index is -0.140. The number of benzene rings is 1. The zero-order valence-electron chi connectivity index (χ0n) is 13.0. The largest absolute Gasteiger partial charge is 0.339 e. The lowest BCUT2D eigenvalue weighted by Gasteiger charge is -2.35. The molecular weight excluding hydrogens is 302 g/mol. The van der Waals surface area contributed by atoms with Gasteiger partial charge in [0, 0.05) is 43.3 Å². The molecule has 5 nitrogen and oxygen atoms in total. The van der Waals surface area contributed by atoms with Gasteiger partial charge in [0.15, 0.2) is 0 Å². The first-order chi connectivity index (χ1) is 10.5. The Hall–Kier alpha value is -1.75. The van der Waals surface area contributed by atoms with Crippen molar-refractivity contribution in [2.24, 2.45) is 5.92 Å². The molecular formula is C16H22ClN3O2. The first-order valence-corrected chi connectivity index (χ1v) is 7.93. The SMILES string of the molecule is CC(C)CC(=O)N1CCN(C(=O)Nc2ccc(Cl)cc2)CC1. The topological polar surface area (TPSA) is 52.7 Å². The second-order valence-corrected chi connectivity index (χ2v) is 6.34. The van der Waals surface area contributed by atoms with Gasteiger partial charge in [0.1, 0.15) is 0 Å². The number of nitrogens with one attached hydrogen (secondary N) is 1. The number of carbonyl (C=O) groups is 2. The molecule has 0 unspecified atom stereocenters. The zero-order chi connectivity index (χ0) is 16.1. The van der Waals surface area contributed by atoms with Gasteiger partial charge in [0.25, 0.3) is 0 Å². The van der Waals surface area contributed by atoms with Crippen LogP contribution in [-0.4, -0.2) is 47.9 Å². The van der Waals surface area contributed by atoms with Crippen LogP contribution in [0, 0.1) is 5.92 Å². The van der Waals surface area contributed by atoms with Crippen LogP contribution in [0.5, 0.6) is 0 Å². The lowest BCUT2D eigenvalue weighted by molar-refractivity contribution is -0.133. The number of urea groups is 1. The van der Waals surface area contributed by atoms with Gasteiger partial charge in [-0.15, -0.1) is 0 Å². The van der Waals surface area contributed by atoms with E-state index >= 15 is 0 Å². The van der Waals surface area contributed by atoms with Crippen LogP contribution in [0.1, 0.15) is 20.3 Å². The Bertz CT molecular complexity index is 523. The molecule has 1 aliphatic rings. The minimum Gasteiger partial charge on any atom is -0.339 e. The van der Waals surface area contributed by atoms with Crippen LogP contribution in [0.15, 0.2) is 24.3 Å². The van der Waals surface area contributed by atoms with E-state index in [9.17, 15) is 9.59 Å². The summed E-state index contributed by atoms with van der Waals surface area (Å²) in [5.41, 5.74) is 0.715. The van der Waals surface area contributed by atoms with Gasteiger partial charge in [-0.05, 0) is 30.2 Å². The molecule has 0 saturated carbocycles. The maximum Gasteiger partial charge on any atom is 0.321 e. The number of halogens is 1. The summed E-state index contributed by atoms with van der Waals surface area (Å²) >= 11 is 5.82. The Balaban J connectivity index is 1.82. The van der Waals surface area contributed by atoms with E-state index in [1.807, 2.05) is 18.7 Å². The van der Waals surface area contributed by atoms with Crippen molar-refractivity contribution in [1.82, 2.24) is 9.80 Å². The van der Waals surface area contributed by atoms with E-state index in [-0.39, 0.29) is 11.9 Å². The molecule has 1 aliphatic heterocycles. The van der Waals surface area contributed by atoms with Gasteiger partial charge in [-0.1, -0.05) is 25.4 Å². The van der Waals surface area contributed by atoms with E-state index in [1.165, 1.54) is 0 Å². The monoisotopic (exact) mass is 323 g/mol. The number of anilines is 1. The summed E-state index contributed by atoms with van der Waals surface area (Å²) in [5, 5.41) is 3.47. The molecule has 120 valence electrons. The summed E-state index contributed by atoms with van der Waals surface area (Å²) < 4.78 is 0. The zero-order valence-corrected chi connectivity index (χ0v) is 13.8. The molecule has 0 spiro atoms. The minimum absolute atomic E-state index is 0.140. The van der Waals surface area contributed by atoms with Gasteiger partial charge in [-0.3, -0.25) is 4.79 Å². The van der Waals surface area contributed by atoms with Crippen molar-refractivity contribution in [2.45, 2.75) is 20.3 Å². The highest BCUT2D eigenvalue weighted by Gasteiger charge is 2.24. The molecule has 3 amide bonds. The van der Waals surface area contributed by atoms with Gasteiger partial charge in [0.05, 0.1) is 0 Å². The third-order valence-electron chi connectivity index (χ3n) is 3.60. The molecule has 1 aromatic rings. The molecule has 1 saturated heterocycles. The number of piperazine rings is 1. The lowest BCUT2D eigenvalue weighted by Crippen LogP contribution is -2.51. The molecule has 2 rings (SSSR count). The summed E-state index contributed by atoms with van der Waals surface area (Å²) in [5.74, 6) is 0.534. The number of rotatable bonds is 3. The standard InChI is InChI=1S/C16H22ClN3O2/c1-12(2)11-15(21)19-7-9-20(10-8-19)16(22)18-14-5-3-13(17)4-6-14/h3-6,12H,7-11H2,1-2H3,(H,18,22). The third kappa shape index (κ3) is 4.63. The predicted octanol–water partition coefficient (Wildman–Crippen LogP) is 3.06. The van der Waals surface area contributed by atoms with Crippen LogP contribution in [0.4, 0.5) is 10.5 Å². The second-order valence-electron chi connectivity index (χ2n) is 5.90. The molecule has 1 fully saturated rings. The smallest absolute Gasteiger partial charge is 0.321 e. The molecule has 1 heterocycles. The van der Waals surface area contributed by atoms with Crippen molar-refractivity contribution in [1.29, 1.82) is 0 Å². The Kier molecular flexibility index (Phi) is 5.66. The molecule has 0 radical (unpaired) electrons. The predicted molar refractivity (Wildman–Crippen MR) is 88.1 cm³/mol. The number of nitrogens with zero attached hydrogens (tertiary/aromatic N) is 2. The molecule has 0 aromatic heterocycles. The highest BCUT2D eigenvalue weighted by Crippen LogP contribution is 2.15. The summed E-state index contributed by atoms with van der Waals surface area (Å²) in [6, 6.07) is 6.86. The number of hydrogen-bond acceptors (Lipinski definition) is 2. The van der Waals surface area contributed by atoms with Gasteiger partial charge in [-0.2, -0.15) is 0 Å². The molecule has 1 N–H and O–H groups in total. The Morgan fingerprint density at radius 3 is 2.18 bits per heavy atom. The second kappa shape index (κ2) is 7.49. The van der Waals surface area contributed by atoms with Crippen LogP contribution in [-0.2, 0) is 4.79 Å². The van der Waals surface area contributed by atoms with E-state index in [0.717, 1.165) is 0 Å². The van der Waals surface area contributed by atoms with Crippen molar-refractivity contribution in [3.05, 3.63) is 29.3 Å². The first kappa shape index (κ1) is 16.6. The van der Waals surface area contributed by atoms with E-state index in [1.54, 1.807) is 29.2 Å². The van der Waals surface area contributed by atoms with Crippen LogP contribution >= 0.6 is 11.6 Å². The van der Waals surface area contributed by atoms with Crippen molar-refractivity contribution in [3.8, 4) is 0 Å². The molecule has 6 heteroatoms. The van der Waals surface area contributed by atoms with Gasteiger partial charge in [-0.25, -0.2) is 4.79 Å². The fraction of sp³-hybridized carbons (Fsp3) is 0.500. The Morgan fingerprint density at radius 2 is 1.64 bits per heavy atom. The summed E-state index contributed by atoms with van der Waals surface area (Å²) in [6.45, 7) is 6.38. The molecule has 0 aliphatic carbocycles. The Labute approximate surface area is 136 Å². The number of carbonyl (C=O) groups excluding carboxylic acids is 2. The van der Waals surface area contributed by atoms with Crippen molar-refractivity contribution >= 4 is 29.2 Å². The van der Waals surface area contributed by atoms with Crippen LogP contribution in [0.2, 0.25) is 5.02 Å². The van der Waals surface area contributed by atoms with Gasteiger partial charge < -0.3 is 15.1 Å². The number of hydrogen-bond donors (Lipinski definition) is 1. The molecule has 0 bridgehead atoms. The van der Waals surface area contributed by atoms with Crippen LogP contribution < -0.4 is 5.32 Å². The highest BCUT2D eigenvalue weighted by molar-refractivity contribution is 6.30. The number of amides is 3. The quantitative estimate of drug-likeness (QED) is 0.929. The molecule has 0 atom stereocenters. The van der Waals surface area contributed by atoms with Gasteiger partial charge >= 0.3 is 6.03 Å². The normalized spacial score (nSPS) is 15.1. The maximum atomic E-state index is 12.2. The van der Waals surface area contributed by atoms with E-state index in [4.69, 9.17) is 11.6 Å². The average molecular weight is 324 g/mol. The van der Waals surface area contributed by atoms with Crippen molar-refractivity contribution < 1.29 is 9.59 Å². The van der Waals surface area contributed by atoms with Crippen molar-refractivity contribution in [2.75, 3.05) is 31.5 Å². The summed E-state index contributed by atoms with van der Waals surface area (Å²) in [6.07, 6.45) is 0.566. The maximum absolute atomic E-state index is 12.2.